The second kappa shape index (κ2) is 7.10. The Morgan fingerprint density at radius 1 is 1.23 bits per heavy atom. The standard InChI is InChI=1S/C19H26N2O/c1-2-6-19(22)20-16-13-17-9-10-18(14-16)21(17)12-11-15-7-4-3-5-8-15/h2-8,16-18H,9-14H2,1H3,(H,20,22)/b6-2+. The van der Waals surface area contributed by atoms with E-state index >= 15 is 0 Å². The van der Waals surface area contributed by atoms with Crippen LogP contribution in [0.25, 0.3) is 0 Å². The summed E-state index contributed by atoms with van der Waals surface area (Å²) < 4.78 is 0. The number of amides is 1. The van der Waals surface area contributed by atoms with Crippen LogP contribution in [0, 0.1) is 0 Å². The molecule has 0 radical (unpaired) electrons. The summed E-state index contributed by atoms with van der Waals surface area (Å²) in [6, 6.07) is 12.4. The first-order valence-corrected chi connectivity index (χ1v) is 8.49. The highest BCUT2D eigenvalue weighted by molar-refractivity contribution is 5.87. The molecule has 0 saturated carbocycles. The van der Waals surface area contributed by atoms with Gasteiger partial charge in [-0.15, -0.1) is 0 Å². The number of hydrogen-bond acceptors (Lipinski definition) is 2. The Labute approximate surface area is 133 Å². The van der Waals surface area contributed by atoms with Crippen LogP contribution in [0.15, 0.2) is 42.5 Å². The van der Waals surface area contributed by atoms with E-state index in [1.165, 1.54) is 18.4 Å². The summed E-state index contributed by atoms with van der Waals surface area (Å²) in [7, 11) is 0. The maximum absolute atomic E-state index is 11.7. The van der Waals surface area contributed by atoms with E-state index in [-0.39, 0.29) is 5.91 Å². The molecular formula is C19H26N2O. The fourth-order valence-corrected chi connectivity index (χ4v) is 4.06. The Kier molecular flexibility index (Phi) is 4.94. The van der Waals surface area contributed by atoms with Crippen molar-refractivity contribution in [3.8, 4) is 0 Å². The molecule has 2 saturated heterocycles. The monoisotopic (exact) mass is 298 g/mol. The van der Waals surface area contributed by atoms with Crippen LogP contribution in [-0.2, 0) is 11.2 Å². The summed E-state index contributed by atoms with van der Waals surface area (Å²) in [6.07, 6.45) is 9.35. The van der Waals surface area contributed by atoms with Crippen molar-refractivity contribution >= 4 is 5.91 Å². The maximum Gasteiger partial charge on any atom is 0.243 e. The molecule has 2 unspecified atom stereocenters. The molecule has 0 aliphatic carbocycles. The number of nitrogens with one attached hydrogen (secondary N) is 1. The van der Waals surface area contributed by atoms with Gasteiger partial charge in [0.25, 0.3) is 0 Å². The molecule has 2 bridgehead atoms. The summed E-state index contributed by atoms with van der Waals surface area (Å²) in [5, 5.41) is 3.16. The van der Waals surface area contributed by atoms with Crippen LogP contribution in [0.3, 0.4) is 0 Å². The molecule has 2 atom stereocenters. The molecule has 3 nitrogen and oxygen atoms in total. The lowest BCUT2D eigenvalue weighted by Gasteiger charge is -2.39. The quantitative estimate of drug-likeness (QED) is 0.848. The fraction of sp³-hybridized carbons (Fsp3) is 0.526. The van der Waals surface area contributed by atoms with Crippen LogP contribution < -0.4 is 5.32 Å². The summed E-state index contributed by atoms with van der Waals surface area (Å²) in [5.41, 5.74) is 1.42. The molecule has 22 heavy (non-hydrogen) atoms. The number of hydrogen-bond donors (Lipinski definition) is 1. The summed E-state index contributed by atoms with van der Waals surface area (Å²) in [5.74, 6) is 0.0598. The number of piperidine rings is 1. The van der Waals surface area contributed by atoms with Crippen LogP contribution >= 0.6 is 0 Å². The summed E-state index contributed by atoms with van der Waals surface area (Å²) >= 11 is 0. The van der Waals surface area contributed by atoms with Crippen molar-refractivity contribution in [1.29, 1.82) is 0 Å². The highest BCUT2D eigenvalue weighted by Crippen LogP contribution is 2.35. The zero-order valence-corrected chi connectivity index (χ0v) is 13.4. The first kappa shape index (κ1) is 15.3. The Morgan fingerprint density at radius 3 is 2.55 bits per heavy atom. The van der Waals surface area contributed by atoms with Gasteiger partial charge in [-0.05, 0) is 50.7 Å². The predicted molar refractivity (Wildman–Crippen MR) is 89.6 cm³/mol. The van der Waals surface area contributed by atoms with Gasteiger partial charge in [0.05, 0.1) is 0 Å². The number of allylic oxidation sites excluding steroid dienone is 1. The van der Waals surface area contributed by atoms with Crippen LogP contribution in [0.2, 0.25) is 0 Å². The third-order valence-corrected chi connectivity index (χ3v) is 5.05. The lowest BCUT2D eigenvalue weighted by molar-refractivity contribution is -0.117. The van der Waals surface area contributed by atoms with E-state index < -0.39 is 0 Å². The highest BCUT2D eigenvalue weighted by atomic mass is 16.1. The molecule has 3 rings (SSSR count). The van der Waals surface area contributed by atoms with Crippen LogP contribution in [0.5, 0.6) is 0 Å². The van der Waals surface area contributed by atoms with E-state index in [0.717, 1.165) is 25.8 Å². The minimum atomic E-state index is 0.0598. The van der Waals surface area contributed by atoms with E-state index in [1.807, 2.05) is 6.92 Å². The Hall–Kier alpha value is -1.61. The lowest BCUT2D eigenvalue weighted by atomic mass is 9.96. The Morgan fingerprint density at radius 2 is 1.91 bits per heavy atom. The van der Waals surface area contributed by atoms with Crippen molar-refractivity contribution < 1.29 is 4.79 Å². The number of benzene rings is 1. The normalized spacial score (nSPS) is 28.1. The van der Waals surface area contributed by atoms with Crippen molar-refractivity contribution in [3.63, 3.8) is 0 Å². The highest BCUT2D eigenvalue weighted by Gasteiger charge is 2.40. The van der Waals surface area contributed by atoms with Gasteiger partial charge in [0.15, 0.2) is 0 Å². The molecule has 2 aliphatic heterocycles. The second-order valence-electron chi connectivity index (χ2n) is 6.54. The number of carbonyl (C=O) groups is 1. The molecule has 2 heterocycles. The number of nitrogens with zero attached hydrogens (tertiary/aromatic N) is 1. The van der Waals surface area contributed by atoms with Gasteiger partial charge in [0.1, 0.15) is 0 Å². The Balaban J connectivity index is 1.53. The zero-order valence-electron chi connectivity index (χ0n) is 13.4. The van der Waals surface area contributed by atoms with Gasteiger partial charge in [-0.3, -0.25) is 9.69 Å². The fourth-order valence-electron chi connectivity index (χ4n) is 4.06. The van der Waals surface area contributed by atoms with Crippen LogP contribution in [-0.4, -0.2) is 35.5 Å². The molecule has 118 valence electrons. The van der Waals surface area contributed by atoms with E-state index in [2.05, 4.69) is 40.5 Å². The summed E-state index contributed by atoms with van der Waals surface area (Å²) in [6.45, 7) is 3.03. The minimum Gasteiger partial charge on any atom is -0.350 e. The number of fused-ring (bicyclic) bond motifs is 2. The maximum atomic E-state index is 11.7. The molecule has 1 aromatic rings. The van der Waals surface area contributed by atoms with Crippen molar-refractivity contribution in [2.24, 2.45) is 0 Å². The molecule has 0 aromatic heterocycles. The number of carbonyl (C=O) groups excluding carboxylic acids is 1. The van der Waals surface area contributed by atoms with Gasteiger partial charge in [-0.25, -0.2) is 0 Å². The third-order valence-electron chi connectivity index (χ3n) is 5.05. The van der Waals surface area contributed by atoms with Gasteiger partial charge in [-0.1, -0.05) is 36.4 Å². The van der Waals surface area contributed by atoms with Crippen molar-refractivity contribution in [2.75, 3.05) is 6.54 Å². The first-order chi connectivity index (χ1) is 10.8. The van der Waals surface area contributed by atoms with Crippen LogP contribution in [0.1, 0.15) is 38.2 Å². The first-order valence-electron chi connectivity index (χ1n) is 8.49. The molecular weight excluding hydrogens is 272 g/mol. The number of rotatable bonds is 5. The van der Waals surface area contributed by atoms with E-state index in [9.17, 15) is 4.79 Å². The zero-order chi connectivity index (χ0) is 15.4. The van der Waals surface area contributed by atoms with Gasteiger partial charge in [0, 0.05) is 24.7 Å². The van der Waals surface area contributed by atoms with Gasteiger partial charge in [0.2, 0.25) is 5.91 Å². The van der Waals surface area contributed by atoms with Crippen molar-refractivity contribution in [3.05, 3.63) is 48.0 Å². The van der Waals surface area contributed by atoms with E-state index in [1.54, 1.807) is 12.2 Å². The largest absolute Gasteiger partial charge is 0.350 e. The molecule has 1 N–H and O–H groups in total. The van der Waals surface area contributed by atoms with Crippen molar-refractivity contribution in [1.82, 2.24) is 10.2 Å². The molecule has 2 aliphatic rings. The van der Waals surface area contributed by atoms with Gasteiger partial charge in [-0.2, -0.15) is 0 Å². The molecule has 1 amide bonds. The smallest absolute Gasteiger partial charge is 0.243 e. The SMILES string of the molecule is C/C=C/C(=O)NC1CC2CCC(C1)N2CCc1ccccc1. The average Bonchev–Trinajstić information content (AvgIpc) is 2.76. The van der Waals surface area contributed by atoms with Crippen LogP contribution in [0.4, 0.5) is 0 Å². The Bertz CT molecular complexity index is 511. The van der Waals surface area contributed by atoms with E-state index in [4.69, 9.17) is 0 Å². The summed E-state index contributed by atoms with van der Waals surface area (Å²) in [4.78, 5) is 14.4. The van der Waals surface area contributed by atoms with Crippen molar-refractivity contribution in [2.45, 2.75) is 57.2 Å². The molecule has 3 heteroatoms. The van der Waals surface area contributed by atoms with Gasteiger partial charge >= 0.3 is 0 Å². The minimum absolute atomic E-state index is 0.0598. The lowest BCUT2D eigenvalue weighted by Crippen LogP contribution is -2.50. The topological polar surface area (TPSA) is 32.3 Å². The average molecular weight is 298 g/mol. The van der Waals surface area contributed by atoms with E-state index in [0.29, 0.717) is 18.1 Å². The molecule has 1 aromatic carbocycles. The molecule has 2 fully saturated rings. The second-order valence-corrected chi connectivity index (χ2v) is 6.54. The van der Waals surface area contributed by atoms with Gasteiger partial charge < -0.3 is 5.32 Å². The molecule has 0 spiro atoms. The predicted octanol–water partition coefficient (Wildman–Crippen LogP) is 2.92. The third kappa shape index (κ3) is 3.58.